The molecule has 0 atom stereocenters. The van der Waals surface area contributed by atoms with Crippen LogP contribution in [-0.2, 0) is 6.42 Å². The van der Waals surface area contributed by atoms with Crippen molar-refractivity contribution in [3.8, 4) is 0 Å². The van der Waals surface area contributed by atoms with E-state index in [1.165, 1.54) is 113 Å². The maximum atomic E-state index is 2.60. The molecule has 0 saturated heterocycles. The van der Waals surface area contributed by atoms with Gasteiger partial charge in [0.2, 0.25) is 0 Å². The second-order valence-electron chi connectivity index (χ2n) is 11.6. The van der Waals surface area contributed by atoms with E-state index >= 15 is 0 Å². The highest BCUT2D eigenvalue weighted by Gasteiger charge is 2.28. The van der Waals surface area contributed by atoms with Crippen LogP contribution < -0.4 is 5.22 Å². The summed E-state index contributed by atoms with van der Waals surface area (Å²) >= 11 is 3.82. The Bertz CT molecular complexity index is 2780. The van der Waals surface area contributed by atoms with E-state index in [1.807, 2.05) is 22.7 Å². The van der Waals surface area contributed by atoms with Crippen molar-refractivity contribution in [2.45, 2.75) is 41.0 Å². The van der Waals surface area contributed by atoms with Gasteiger partial charge in [0.05, 0.1) is 32.3 Å². The molecule has 0 unspecified atom stereocenters. The number of nitrogens with zero attached hydrogens (tertiary/aromatic N) is 2. The molecule has 0 amide bonds. The van der Waals surface area contributed by atoms with Gasteiger partial charge in [-0.25, -0.2) is 0 Å². The summed E-state index contributed by atoms with van der Waals surface area (Å²) in [5.74, 6) is 0. The third-order valence-corrected chi connectivity index (χ3v) is 12.1. The van der Waals surface area contributed by atoms with Gasteiger partial charge in [-0.3, -0.25) is 0 Å². The number of pyridine rings is 4. The minimum Gasteiger partial charge on any atom is -0.308 e. The van der Waals surface area contributed by atoms with Crippen LogP contribution in [0.1, 0.15) is 36.1 Å². The molecular formula is C36H26N2S2. The highest BCUT2D eigenvalue weighted by molar-refractivity contribution is 7.19. The fraction of sp³-hybridized carbons (Fsp3) is 0.167. The van der Waals surface area contributed by atoms with Gasteiger partial charge in [-0.05, 0) is 96.8 Å². The first-order chi connectivity index (χ1) is 19.5. The molecule has 0 aliphatic heterocycles. The number of benzene rings is 1. The van der Waals surface area contributed by atoms with Gasteiger partial charge in [0, 0.05) is 53.1 Å². The van der Waals surface area contributed by atoms with E-state index in [9.17, 15) is 0 Å². The van der Waals surface area contributed by atoms with Gasteiger partial charge in [-0.1, -0.05) is 25.1 Å². The van der Waals surface area contributed by atoms with Crippen LogP contribution in [0.3, 0.4) is 0 Å². The van der Waals surface area contributed by atoms with E-state index in [-0.39, 0.29) is 0 Å². The monoisotopic (exact) mass is 550 g/mol. The summed E-state index contributed by atoms with van der Waals surface area (Å²) in [7, 11) is 0. The summed E-state index contributed by atoms with van der Waals surface area (Å²) in [6.07, 6.45) is 3.35. The average Bonchev–Trinajstić information content (AvgIpc) is 3.75. The minimum absolute atomic E-state index is 1.01. The van der Waals surface area contributed by atoms with E-state index in [2.05, 4.69) is 96.7 Å². The Morgan fingerprint density at radius 1 is 0.625 bits per heavy atom. The van der Waals surface area contributed by atoms with Crippen LogP contribution in [0.15, 0.2) is 47.2 Å². The van der Waals surface area contributed by atoms with Crippen molar-refractivity contribution in [2.75, 3.05) is 0 Å². The average molecular weight is 551 g/mol. The molecule has 0 aliphatic carbocycles. The molecule has 0 spiro atoms. The zero-order chi connectivity index (χ0) is 26.8. The molecule has 8 heterocycles. The normalized spacial score (nSPS) is 13.9. The van der Waals surface area contributed by atoms with Gasteiger partial charge in [0.1, 0.15) is 0 Å². The molecule has 0 aliphatic rings. The second kappa shape index (κ2) is 6.88. The van der Waals surface area contributed by atoms with Crippen molar-refractivity contribution in [1.82, 2.24) is 8.80 Å². The lowest BCUT2D eigenvalue weighted by Crippen LogP contribution is -2.13. The zero-order valence-electron chi connectivity index (χ0n) is 23.1. The molecule has 40 heavy (non-hydrogen) atoms. The summed E-state index contributed by atoms with van der Waals surface area (Å²) in [5.41, 5.74) is 13.7. The zero-order valence-corrected chi connectivity index (χ0v) is 24.7. The first kappa shape index (κ1) is 21.9. The lowest BCUT2D eigenvalue weighted by molar-refractivity contribution is 1.16. The number of fused-ring (bicyclic) bond motifs is 2. The van der Waals surface area contributed by atoms with Gasteiger partial charge in [0.25, 0.3) is 0 Å². The van der Waals surface area contributed by atoms with Gasteiger partial charge in [0.15, 0.2) is 0 Å². The molecule has 10 rings (SSSR count). The van der Waals surface area contributed by atoms with Crippen LogP contribution in [0.2, 0.25) is 0 Å². The summed E-state index contributed by atoms with van der Waals surface area (Å²) in [4.78, 5) is 0. The van der Waals surface area contributed by atoms with Crippen LogP contribution in [0.4, 0.5) is 0 Å². The van der Waals surface area contributed by atoms with E-state index in [4.69, 9.17) is 0 Å². The van der Waals surface area contributed by atoms with Gasteiger partial charge in [-0.2, -0.15) is 0 Å². The van der Waals surface area contributed by atoms with E-state index in [0.29, 0.717) is 0 Å². The van der Waals surface area contributed by atoms with Crippen molar-refractivity contribution in [3.05, 3.63) is 74.6 Å². The lowest BCUT2D eigenvalue weighted by Gasteiger charge is -2.23. The number of hydrogen-bond acceptors (Lipinski definition) is 2. The van der Waals surface area contributed by atoms with Crippen LogP contribution in [0, 0.1) is 20.8 Å². The Labute approximate surface area is 238 Å². The van der Waals surface area contributed by atoms with E-state index in [1.54, 1.807) is 0 Å². The molecule has 0 N–H and O–H groups in total. The fourth-order valence-corrected chi connectivity index (χ4v) is 10.4. The van der Waals surface area contributed by atoms with Crippen molar-refractivity contribution in [1.29, 1.82) is 0 Å². The fourth-order valence-electron chi connectivity index (χ4n) is 8.27. The molecular weight excluding hydrogens is 525 g/mol. The third kappa shape index (κ3) is 2.12. The third-order valence-electron chi connectivity index (χ3n) is 9.96. The van der Waals surface area contributed by atoms with Crippen LogP contribution in [0.25, 0.3) is 91.7 Å². The molecule has 0 saturated carbocycles. The van der Waals surface area contributed by atoms with Gasteiger partial charge >= 0.3 is 0 Å². The summed E-state index contributed by atoms with van der Waals surface area (Å²) in [6.45, 7) is 11.6. The molecule has 10 aromatic rings. The van der Waals surface area contributed by atoms with Gasteiger partial charge < -0.3 is 8.80 Å². The molecule has 2 bridgehead atoms. The Morgan fingerprint density at radius 3 is 2.05 bits per heavy atom. The van der Waals surface area contributed by atoms with Gasteiger partial charge in [-0.15, -0.1) is 22.7 Å². The molecule has 192 valence electrons. The topological polar surface area (TPSA) is 8.82 Å². The smallest absolute Gasteiger partial charge is 0.0644 e. The SMILES string of the molecule is C/C=c1\c2c(C)c3ccc4c5csc6c(C)ccc(CC)c7csc8c7c7c(C)c(c65)c(c2c7n2c1ccc82)n34. The summed E-state index contributed by atoms with van der Waals surface area (Å²) in [6, 6.07) is 14.2. The number of aryl methyl sites for hydroxylation is 4. The first-order valence-corrected chi connectivity index (χ1v) is 16.0. The predicted molar refractivity (Wildman–Crippen MR) is 178 cm³/mol. The molecule has 0 radical (unpaired) electrons. The number of thiophene rings is 2. The predicted octanol–water partition coefficient (Wildman–Crippen LogP) is 10.3. The van der Waals surface area contributed by atoms with Crippen molar-refractivity contribution < 1.29 is 0 Å². The number of hydrogen-bond donors (Lipinski definition) is 0. The molecule has 2 nitrogen and oxygen atoms in total. The van der Waals surface area contributed by atoms with Crippen LogP contribution in [-0.4, -0.2) is 8.80 Å². The van der Waals surface area contributed by atoms with E-state index < -0.39 is 0 Å². The van der Waals surface area contributed by atoms with Crippen molar-refractivity contribution >= 4 is 114 Å². The Morgan fingerprint density at radius 2 is 1.27 bits per heavy atom. The van der Waals surface area contributed by atoms with Crippen LogP contribution in [0.5, 0.6) is 0 Å². The Balaban J connectivity index is 1.79. The number of rotatable bonds is 1. The van der Waals surface area contributed by atoms with E-state index in [0.717, 1.165) is 6.42 Å². The first-order valence-electron chi connectivity index (χ1n) is 14.2. The summed E-state index contributed by atoms with van der Waals surface area (Å²) in [5, 5.41) is 17.6. The van der Waals surface area contributed by atoms with Crippen LogP contribution >= 0.6 is 22.7 Å². The minimum atomic E-state index is 1.01. The summed E-state index contributed by atoms with van der Waals surface area (Å²) < 4.78 is 8.00. The molecule has 2 aromatic carbocycles. The lowest BCUT2D eigenvalue weighted by atomic mass is 9.89. The molecule has 8 aromatic heterocycles. The number of aromatic nitrogens is 2. The largest absolute Gasteiger partial charge is 0.308 e. The quantitative estimate of drug-likeness (QED) is 0.142. The van der Waals surface area contributed by atoms with Crippen molar-refractivity contribution in [3.63, 3.8) is 0 Å². The maximum absolute atomic E-state index is 2.60. The Hall–Kier alpha value is -3.86. The highest BCUT2D eigenvalue weighted by atomic mass is 32.1. The second-order valence-corrected chi connectivity index (χ2v) is 13.4. The standard InChI is InChI=1S/C36H26N2S2/c1-6-19-9-8-16(3)35-31-22(15-39-35)25-11-10-23-17(4)27-20(7-2)24-12-13-26-36-30(21(19)14-40-36)28-18(5)29(31)33(37(23)25)32(27)34(28)38(24)26/h7-15H,6H2,1-5H3/b16-8?,19-9?,20-7-. The maximum Gasteiger partial charge on any atom is 0.0644 e. The molecule has 0 fully saturated rings. The molecule has 4 heteroatoms. The van der Waals surface area contributed by atoms with Crippen molar-refractivity contribution in [2.24, 2.45) is 0 Å². The highest BCUT2D eigenvalue weighted by Crippen LogP contribution is 2.51. The Kier molecular flexibility index (Phi) is 3.77.